The summed E-state index contributed by atoms with van der Waals surface area (Å²) in [6.07, 6.45) is 0. The maximum absolute atomic E-state index is 12.7. The Morgan fingerprint density at radius 2 is 1.15 bits per heavy atom. The molecule has 0 atom stereocenters. The first-order valence-corrected chi connectivity index (χ1v) is 11.8. The van der Waals surface area contributed by atoms with Crippen LogP contribution in [0, 0.1) is 0 Å². The number of phenolic OH excluding ortho intramolecular Hbond substituents is 5. The average molecular weight is 538 g/mol. The van der Waals surface area contributed by atoms with E-state index in [1.54, 1.807) is 12.1 Å². The molecule has 0 aliphatic rings. The van der Waals surface area contributed by atoms with Crippen LogP contribution >= 0.6 is 0 Å². The van der Waals surface area contributed by atoms with Crippen LogP contribution in [0.15, 0.2) is 97.3 Å². The van der Waals surface area contributed by atoms with Gasteiger partial charge in [0.2, 0.25) is 5.75 Å². The van der Waals surface area contributed by atoms with Crippen LogP contribution in [0.1, 0.15) is 0 Å². The molecule has 2 aromatic heterocycles. The van der Waals surface area contributed by atoms with Gasteiger partial charge in [0.05, 0.1) is 0 Å². The number of aromatic hydroxyl groups is 5. The van der Waals surface area contributed by atoms with Crippen molar-refractivity contribution in [3.63, 3.8) is 0 Å². The lowest BCUT2D eigenvalue weighted by Gasteiger charge is -2.12. The zero-order valence-corrected chi connectivity index (χ0v) is 20.3. The van der Waals surface area contributed by atoms with Crippen molar-refractivity contribution >= 4 is 21.9 Å². The number of rotatable bonds is 4. The third-order valence-corrected chi connectivity index (χ3v) is 6.23. The minimum atomic E-state index is -0.591. The van der Waals surface area contributed by atoms with E-state index in [1.807, 2.05) is 0 Å². The molecule has 2 heterocycles. The van der Waals surface area contributed by atoms with Gasteiger partial charge < -0.3 is 39.1 Å². The molecule has 0 radical (unpaired) electrons. The molecular weight excluding hydrogens is 520 g/mol. The molecule has 0 saturated heterocycles. The monoisotopic (exact) mass is 538 g/mol. The molecule has 198 valence electrons. The summed E-state index contributed by atoms with van der Waals surface area (Å²) in [4.78, 5) is 25.2. The summed E-state index contributed by atoms with van der Waals surface area (Å²) in [7, 11) is 0. The molecule has 0 spiro atoms. The smallest absolute Gasteiger partial charge is 0.203 e. The zero-order valence-electron chi connectivity index (χ0n) is 20.3. The number of ether oxygens (including phenoxy) is 1. The van der Waals surface area contributed by atoms with Crippen molar-refractivity contribution in [2.24, 2.45) is 0 Å². The van der Waals surface area contributed by atoms with E-state index in [-0.39, 0.29) is 56.5 Å². The van der Waals surface area contributed by atoms with Crippen molar-refractivity contribution < 1.29 is 39.1 Å². The van der Waals surface area contributed by atoms with Crippen LogP contribution in [0.5, 0.6) is 40.2 Å². The van der Waals surface area contributed by atoms with E-state index in [0.29, 0.717) is 11.1 Å². The number of hydrogen-bond acceptors (Lipinski definition) is 10. The molecule has 40 heavy (non-hydrogen) atoms. The van der Waals surface area contributed by atoms with Gasteiger partial charge in [0.1, 0.15) is 56.6 Å². The largest absolute Gasteiger partial charge is 0.508 e. The van der Waals surface area contributed by atoms with E-state index in [1.165, 1.54) is 54.6 Å². The first-order chi connectivity index (χ1) is 19.2. The van der Waals surface area contributed by atoms with Gasteiger partial charge in [-0.2, -0.15) is 0 Å². The van der Waals surface area contributed by atoms with Gasteiger partial charge in [0.25, 0.3) is 0 Å². The predicted octanol–water partition coefficient (Wildman–Crippen LogP) is 5.55. The van der Waals surface area contributed by atoms with Gasteiger partial charge in [-0.05, 0) is 48.5 Å². The van der Waals surface area contributed by atoms with Crippen LogP contribution in [-0.4, -0.2) is 25.5 Å². The predicted molar refractivity (Wildman–Crippen MR) is 144 cm³/mol. The third-order valence-electron chi connectivity index (χ3n) is 6.23. The van der Waals surface area contributed by atoms with Crippen molar-refractivity contribution in [3.8, 4) is 62.9 Å². The number of benzene rings is 4. The van der Waals surface area contributed by atoms with Crippen molar-refractivity contribution in [1.29, 1.82) is 0 Å². The summed E-state index contributed by atoms with van der Waals surface area (Å²) in [5.41, 5.74) is -0.435. The van der Waals surface area contributed by atoms with Crippen LogP contribution in [0.4, 0.5) is 0 Å². The second kappa shape index (κ2) is 9.14. The van der Waals surface area contributed by atoms with Crippen molar-refractivity contribution in [2.45, 2.75) is 0 Å². The summed E-state index contributed by atoms with van der Waals surface area (Å²) in [5, 5.41) is 50.3. The molecule has 6 rings (SSSR count). The molecule has 10 heteroatoms. The van der Waals surface area contributed by atoms with E-state index in [4.69, 9.17) is 13.6 Å². The van der Waals surface area contributed by atoms with Crippen LogP contribution in [0.2, 0.25) is 0 Å². The highest BCUT2D eigenvalue weighted by Crippen LogP contribution is 2.42. The van der Waals surface area contributed by atoms with Crippen LogP contribution in [-0.2, 0) is 0 Å². The first-order valence-electron chi connectivity index (χ1n) is 11.8. The molecule has 6 aromatic rings. The summed E-state index contributed by atoms with van der Waals surface area (Å²) in [6, 6.07) is 17.8. The Morgan fingerprint density at radius 1 is 0.575 bits per heavy atom. The average Bonchev–Trinajstić information content (AvgIpc) is 2.91. The van der Waals surface area contributed by atoms with Gasteiger partial charge in [-0.25, -0.2) is 0 Å². The van der Waals surface area contributed by atoms with Gasteiger partial charge in [-0.15, -0.1) is 0 Å². The van der Waals surface area contributed by atoms with E-state index in [9.17, 15) is 35.1 Å². The highest BCUT2D eigenvalue weighted by atomic mass is 16.5. The molecule has 0 saturated carbocycles. The molecule has 4 aromatic carbocycles. The van der Waals surface area contributed by atoms with Gasteiger partial charge in [-0.1, -0.05) is 0 Å². The second-order valence-corrected chi connectivity index (χ2v) is 8.91. The Morgan fingerprint density at radius 3 is 1.82 bits per heavy atom. The molecule has 0 aliphatic carbocycles. The SMILES string of the molecule is O=c1cc(-c2ccc(Oc3cc(O)c4c(=O)cc(-c5ccc(O)cc5)oc4c3O)cc2)oc2cc(O)cc(O)c12. The van der Waals surface area contributed by atoms with E-state index < -0.39 is 28.1 Å². The van der Waals surface area contributed by atoms with Gasteiger partial charge >= 0.3 is 0 Å². The molecule has 0 fully saturated rings. The lowest BCUT2D eigenvalue weighted by molar-refractivity contribution is 0.401. The number of hydrogen-bond donors (Lipinski definition) is 5. The zero-order chi connectivity index (χ0) is 28.1. The van der Waals surface area contributed by atoms with Crippen LogP contribution < -0.4 is 15.6 Å². The molecule has 10 nitrogen and oxygen atoms in total. The minimum Gasteiger partial charge on any atom is -0.508 e. The second-order valence-electron chi connectivity index (χ2n) is 8.91. The molecular formula is C30H18O10. The fourth-order valence-electron chi connectivity index (χ4n) is 4.34. The molecule has 0 amide bonds. The Labute approximate surface area is 223 Å². The van der Waals surface area contributed by atoms with Gasteiger partial charge in [0, 0.05) is 41.5 Å². The van der Waals surface area contributed by atoms with Gasteiger partial charge in [0.15, 0.2) is 22.2 Å². The topological polar surface area (TPSA) is 171 Å². The Hall–Kier alpha value is -5.90. The maximum Gasteiger partial charge on any atom is 0.203 e. The highest BCUT2D eigenvalue weighted by molar-refractivity contribution is 5.91. The third kappa shape index (κ3) is 4.19. The van der Waals surface area contributed by atoms with E-state index in [0.717, 1.165) is 12.1 Å². The van der Waals surface area contributed by atoms with Crippen LogP contribution in [0.25, 0.3) is 44.6 Å². The standard InChI is InChI=1S/C30H18O10/c31-16-5-1-14(2-6-16)24-12-21(35)28-22(36)13-26(29(37)30(28)40-24)38-18-7-3-15(4-8-18)23-11-20(34)27-19(33)9-17(32)10-25(27)39-23/h1-13,31-33,36-37H. The van der Waals surface area contributed by atoms with Crippen LogP contribution in [0.3, 0.4) is 0 Å². The summed E-state index contributed by atoms with van der Waals surface area (Å²) in [5.74, 6) is -1.31. The van der Waals surface area contributed by atoms with E-state index >= 15 is 0 Å². The highest BCUT2D eigenvalue weighted by Gasteiger charge is 2.20. The van der Waals surface area contributed by atoms with Crippen molar-refractivity contribution in [3.05, 3.63) is 99.3 Å². The fourth-order valence-corrected chi connectivity index (χ4v) is 4.34. The molecule has 0 unspecified atom stereocenters. The quantitative estimate of drug-likeness (QED) is 0.179. The molecule has 5 N–H and O–H groups in total. The summed E-state index contributed by atoms with van der Waals surface area (Å²) < 4.78 is 17.2. The lowest BCUT2D eigenvalue weighted by Crippen LogP contribution is -2.01. The Kier molecular flexibility index (Phi) is 5.58. The number of fused-ring (bicyclic) bond motifs is 2. The Bertz CT molecular complexity index is 2050. The normalized spacial score (nSPS) is 11.2. The summed E-state index contributed by atoms with van der Waals surface area (Å²) in [6.45, 7) is 0. The fraction of sp³-hybridized carbons (Fsp3) is 0. The van der Waals surface area contributed by atoms with Gasteiger partial charge in [-0.3, -0.25) is 9.59 Å². The minimum absolute atomic E-state index is 0.00468. The maximum atomic E-state index is 12.7. The summed E-state index contributed by atoms with van der Waals surface area (Å²) >= 11 is 0. The van der Waals surface area contributed by atoms with Crippen molar-refractivity contribution in [2.75, 3.05) is 0 Å². The number of phenols is 5. The molecule has 0 bridgehead atoms. The molecule has 0 aliphatic heterocycles. The first kappa shape index (κ1) is 24.4. The Balaban J connectivity index is 1.36. The van der Waals surface area contributed by atoms with Crippen molar-refractivity contribution in [1.82, 2.24) is 0 Å². The van der Waals surface area contributed by atoms with E-state index in [2.05, 4.69) is 0 Å². The lowest BCUT2D eigenvalue weighted by atomic mass is 10.1.